The van der Waals surface area contributed by atoms with Crippen molar-refractivity contribution in [2.75, 3.05) is 5.32 Å². The quantitative estimate of drug-likeness (QED) is 0.694. The number of hydrogen-bond acceptors (Lipinski definition) is 5. The maximum atomic E-state index is 12.7. The van der Waals surface area contributed by atoms with Gasteiger partial charge >= 0.3 is 5.69 Å². The number of nitrogens with zero attached hydrogens (tertiary/aromatic N) is 5. The number of benzene rings is 1. The van der Waals surface area contributed by atoms with Crippen LogP contribution >= 0.6 is 0 Å². The molecule has 0 bridgehead atoms. The first-order valence-electron chi connectivity index (χ1n) is 9.57. The third-order valence-corrected chi connectivity index (χ3v) is 4.94. The predicted molar refractivity (Wildman–Crippen MR) is 110 cm³/mol. The summed E-state index contributed by atoms with van der Waals surface area (Å²) in [5.41, 5.74) is 1.05. The predicted octanol–water partition coefficient (Wildman–Crippen LogP) is 1.66. The Kier molecular flexibility index (Phi) is 4.83. The summed E-state index contributed by atoms with van der Waals surface area (Å²) in [7, 11) is 0. The lowest BCUT2D eigenvalue weighted by Gasteiger charge is -2.12. The van der Waals surface area contributed by atoms with Gasteiger partial charge in [-0.05, 0) is 38.8 Å². The smallest absolute Gasteiger partial charge is 0.309 e. The molecule has 2 heterocycles. The highest BCUT2D eigenvalue weighted by atomic mass is 16.2. The van der Waals surface area contributed by atoms with Crippen LogP contribution in [-0.4, -0.2) is 24.8 Å². The average Bonchev–Trinajstić information content (AvgIpc) is 3.49. The lowest BCUT2D eigenvalue weighted by atomic mass is 10.2. The van der Waals surface area contributed by atoms with E-state index in [-0.39, 0.29) is 11.6 Å². The number of nitriles is 1. The summed E-state index contributed by atoms with van der Waals surface area (Å²) < 4.78 is 3.77. The van der Waals surface area contributed by atoms with Crippen LogP contribution in [0.2, 0.25) is 0 Å². The Morgan fingerprint density at radius 3 is 2.57 bits per heavy atom. The highest BCUT2D eigenvalue weighted by molar-refractivity contribution is 5.90. The first-order valence-corrected chi connectivity index (χ1v) is 9.57. The molecule has 0 aliphatic heterocycles. The number of carbonyl (C=O) groups excluding carboxylic acids is 1. The fraction of sp³-hybridized carbons (Fsp3) is 0.286. The van der Waals surface area contributed by atoms with Gasteiger partial charge in [0.05, 0.1) is 11.4 Å². The number of aromatic nitrogens is 4. The Balaban J connectivity index is 1.63. The molecule has 1 amide bonds. The molecule has 3 aromatic rings. The minimum absolute atomic E-state index is 0.0230. The molecule has 1 aliphatic carbocycles. The van der Waals surface area contributed by atoms with Crippen molar-refractivity contribution in [3.05, 3.63) is 74.2 Å². The standard InChI is InChI=1S/C21H20N6O3/c1-13-3-5-17(6-4-13)27-18(9-14(2)24-27)23-19(28)12-26-20(29)15(10-22)11-25(21(26)30)16-7-8-16/h3-6,9,11,16H,7-8,12H2,1-2H3,(H,23,28). The molecule has 1 fully saturated rings. The molecule has 1 aliphatic rings. The van der Waals surface area contributed by atoms with Crippen LogP contribution in [0.25, 0.3) is 5.69 Å². The maximum Gasteiger partial charge on any atom is 0.331 e. The number of hydrogen-bond donors (Lipinski definition) is 1. The van der Waals surface area contributed by atoms with Crippen LogP contribution in [0.15, 0.2) is 46.1 Å². The molecule has 0 unspecified atom stereocenters. The number of carbonyl (C=O) groups is 1. The number of nitrogens with one attached hydrogen (secondary N) is 1. The van der Waals surface area contributed by atoms with Gasteiger partial charge in [-0.15, -0.1) is 0 Å². The van der Waals surface area contributed by atoms with E-state index >= 15 is 0 Å². The van der Waals surface area contributed by atoms with E-state index in [1.54, 1.807) is 17.7 Å². The summed E-state index contributed by atoms with van der Waals surface area (Å²) in [5, 5.41) is 16.3. The van der Waals surface area contributed by atoms with Crippen LogP contribution in [0.4, 0.5) is 5.82 Å². The Bertz CT molecular complexity index is 1290. The molecule has 0 spiro atoms. The topological polar surface area (TPSA) is 115 Å². The second-order valence-corrected chi connectivity index (χ2v) is 7.43. The van der Waals surface area contributed by atoms with E-state index in [2.05, 4.69) is 10.4 Å². The zero-order valence-electron chi connectivity index (χ0n) is 16.6. The van der Waals surface area contributed by atoms with Crippen molar-refractivity contribution in [1.29, 1.82) is 5.26 Å². The number of amides is 1. The van der Waals surface area contributed by atoms with E-state index in [1.165, 1.54) is 10.8 Å². The average molecular weight is 404 g/mol. The minimum Gasteiger partial charge on any atom is -0.309 e. The van der Waals surface area contributed by atoms with Crippen LogP contribution in [0.1, 0.15) is 35.7 Å². The lowest BCUT2D eigenvalue weighted by molar-refractivity contribution is -0.116. The molecule has 0 atom stereocenters. The van der Waals surface area contributed by atoms with Crippen LogP contribution < -0.4 is 16.6 Å². The van der Waals surface area contributed by atoms with Crippen LogP contribution in [0, 0.1) is 25.2 Å². The summed E-state index contributed by atoms with van der Waals surface area (Å²) in [5.74, 6) is -0.131. The van der Waals surface area contributed by atoms with Crippen LogP contribution in [0.3, 0.4) is 0 Å². The summed E-state index contributed by atoms with van der Waals surface area (Å²) >= 11 is 0. The Morgan fingerprint density at radius 2 is 1.93 bits per heavy atom. The van der Waals surface area contributed by atoms with E-state index in [0.717, 1.165) is 28.7 Å². The van der Waals surface area contributed by atoms with Crippen LogP contribution in [-0.2, 0) is 11.3 Å². The first-order chi connectivity index (χ1) is 14.4. The number of anilines is 1. The molecular weight excluding hydrogens is 384 g/mol. The van der Waals surface area contributed by atoms with Crippen molar-refractivity contribution in [2.45, 2.75) is 39.3 Å². The highest BCUT2D eigenvalue weighted by Crippen LogP contribution is 2.33. The third kappa shape index (κ3) is 3.67. The van der Waals surface area contributed by atoms with Crippen molar-refractivity contribution in [2.24, 2.45) is 0 Å². The minimum atomic E-state index is -0.766. The van der Waals surface area contributed by atoms with Gasteiger partial charge in [0.15, 0.2) is 0 Å². The van der Waals surface area contributed by atoms with Crippen molar-refractivity contribution in [1.82, 2.24) is 18.9 Å². The van der Waals surface area contributed by atoms with Crippen molar-refractivity contribution >= 4 is 11.7 Å². The van der Waals surface area contributed by atoms with E-state index in [9.17, 15) is 19.6 Å². The van der Waals surface area contributed by atoms with Gasteiger partial charge in [0, 0.05) is 18.3 Å². The molecule has 1 aromatic carbocycles. The van der Waals surface area contributed by atoms with Gasteiger partial charge in [-0.25, -0.2) is 14.0 Å². The lowest BCUT2D eigenvalue weighted by Crippen LogP contribution is -2.43. The van der Waals surface area contributed by atoms with E-state index in [0.29, 0.717) is 11.5 Å². The van der Waals surface area contributed by atoms with Gasteiger partial charge in [-0.1, -0.05) is 17.7 Å². The molecule has 1 saturated carbocycles. The van der Waals surface area contributed by atoms with Gasteiger partial charge in [-0.3, -0.25) is 14.2 Å². The molecule has 1 N–H and O–H groups in total. The first kappa shape index (κ1) is 19.4. The second kappa shape index (κ2) is 7.48. The Labute approximate surface area is 171 Å². The molecule has 30 heavy (non-hydrogen) atoms. The molecule has 0 radical (unpaired) electrons. The van der Waals surface area contributed by atoms with Crippen molar-refractivity contribution in [3.63, 3.8) is 0 Å². The molecule has 9 nitrogen and oxygen atoms in total. The molecule has 2 aromatic heterocycles. The summed E-state index contributed by atoms with van der Waals surface area (Å²) in [6, 6.07) is 11.1. The van der Waals surface area contributed by atoms with E-state index < -0.39 is 23.7 Å². The summed E-state index contributed by atoms with van der Waals surface area (Å²) in [6.07, 6.45) is 2.90. The maximum absolute atomic E-state index is 12.7. The van der Waals surface area contributed by atoms with Crippen molar-refractivity contribution in [3.8, 4) is 11.8 Å². The Hall–Kier alpha value is -3.93. The summed E-state index contributed by atoms with van der Waals surface area (Å²) in [6.45, 7) is 3.29. The number of rotatable bonds is 5. The zero-order chi connectivity index (χ0) is 21.4. The molecule has 0 saturated heterocycles. The Morgan fingerprint density at radius 1 is 1.23 bits per heavy atom. The third-order valence-electron chi connectivity index (χ3n) is 4.94. The normalized spacial score (nSPS) is 13.1. The largest absolute Gasteiger partial charge is 0.331 e. The monoisotopic (exact) mass is 404 g/mol. The van der Waals surface area contributed by atoms with Gasteiger partial charge in [-0.2, -0.15) is 10.4 Å². The highest BCUT2D eigenvalue weighted by Gasteiger charge is 2.27. The molecule has 152 valence electrons. The van der Waals surface area contributed by atoms with Gasteiger partial charge < -0.3 is 5.32 Å². The molecule has 4 rings (SSSR count). The van der Waals surface area contributed by atoms with Crippen LogP contribution in [0.5, 0.6) is 0 Å². The second-order valence-electron chi connectivity index (χ2n) is 7.43. The molecule has 9 heteroatoms. The van der Waals surface area contributed by atoms with Gasteiger partial charge in [0.1, 0.15) is 24.0 Å². The van der Waals surface area contributed by atoms with E-state index in [4.69, 9.17) is 0 Å². The van der Waals surface area contributed by atoms with Gasteiger partial charge in [0.25, 0.3) is 5.56 Å². The fourth-order valence-corrected chi connectivity index (χ4v) is 3.25. The SMILES string of the molecule is Cc1ccc(-n2nc(C)cc2NC(=O)Cn2c(=O)c(C#N)cn(C3CC3)c2=O)cc1. The number of aryl methyl sites for hydroxylation is 2. The molecular formula is C21H20N6O3. The van der Waals surface area contributed by atoms with E-state index in [1.807, 2.05) is 37.3 Å². The van der Waals surface area contributed by atoms with Crippen molar-refractivity contribution < 1.29 is 4.79 Å². The van der Waals surface area contributed by atoms with Gasteiger partial charge in [0.2, 0.25) is 5.91 Å². The fourth-order valence-electron chi connectivity index (χ4n) is 3.25. The summed E-state index contributed by atoms with van der Waals surface area (Å²) in [4.78, 5) is 37.8. The zero-order valence-corrected chi connectivity index (χ0v) is 16.6.